The van der Waals surface area contributed by atoms with E-state index in [-0.39, 0.29) is 0 Å². The molecule has 5 heteroatoms. The lowest BCUT2D eigenvalue weighted by molar-refractivity contribution is 0.173. The molecule has 0 saturated carbocycles. The van der Waals surface area contributed by atoms with Crippen LogP contribution in [0.5, 0.6) is 11.5 Å². The van der Waals surface area contributed by atoms with Gasteiger partial charge in [0.2, 0.25) is 6.79 Å². The quantitative estimate of drug-likeness (QED) is 0.906. The highest BCUT2D eigenvalue weighted by molar-refractivity contribution is 9.10. The molecule has 1 fully saturated rings. The van der Waals surface area contributed by atoms with E-state index in [4.69, 9.17) is 15.2 Å². The number of nitrogens with two attached hydrogens (primary N) is 1. The molecule has 104 valence electrons. The number of aryl methyl sites for hydroxylation is 1. The Morgan fingerprint density at radius 3 is 2.95 bits per heavy atom. The highest BCUT2D eigenvalue weighted by Crippen LogP contribution is 2.48. The fourth-order valence-corrected chi connectivity index (χ4v) is 4.05. The third-order valence-electron chi connectivity index (χ3n) is 4.15. The van der Waals surface area contributed by atoms with E-state index < -0.39 is 0 Å². The van der Waals surface area contributed by atoms with Gasteiger partial charge in [0.05, 0.1) is 4.47 Å². The summed E-state index contributed by atoms with van der Waals surface area (Å²) in [6.07, 6.45) is 1.10. The van der Waals surface area contributed by atoms with Gasteiger partial charge in [-0.25, -0.2) is 0 Å². The SMILES string of the molecule is Cc1cc2c(c(Br)c1C1CC(CN)CN1C)OCO2. The van der Waals surface area contributed by atoms with Crippen molar-refractivity contribution in [2.45, 2.75) is 19.4 Å². The maximum Gasteiger partial charge on any atom is 0.231 e. The molecule has 19 heavy (non-hydrogen) atoms. The predicted octanol–water partition coefficient (Wildman–Crippen LogP) is 2.44. The van der Waals surface area contributed by atoms with Gasteiger partial charge in [0.1, 0.15) is 0 Å². The lowest BCUT2D eigenvalue weighted by Gasteiger charge is -2.23. The summed E-state index contributed by atoms with van der Waals surface area (Å²) in [6.45, 7) is 4.25. The molecule has 1 aromatic rings. The zero-order valence-electron chi connectivity index (χ0n) is 11.3. The minimum Gasteiger partial charge on any atom is -0.454 e. The van der Waals surface area contributed by atoms with E-state index in [1.807, 2.05) is 0 Å². The number of rotatable bonds is 2. The van der Waals surface area contributed by atoms with Crippen molar-refractivity contribution in [1.29, 1.82) is 0 Å². The normalized spacial score (nSPS) is 26.1. The molecule has 0 radical (unpaired) electrons. The number of benzene rings is 1. The number of halogens is 1. The van der Waals surface area contributed by atoms with Crippen LogP contribution in [-0.4, -0.2) is 31.8 Å². The number of likely N-dealkylation sites (tertiary alicyclic amines) is 1. The Morgan fingerprint density at radius 1 is 1.47 bits per heavy atom. The molecule has 0 spiro atoms. The van der Waals surface area contributed by atoms with Crippen molar-refractivity contribution in [3.8, 4) is 11.5 Å². The molecular weight excluding hydrogens is 308 g/mol. The van der Waals surface area contributed by atoms with E-state index in [2.05, 4.69) is 40.9 Å². The second-order valence-corrected chi connectivity index (χ2v) is 6.24. The van der Waals surface area contributed by atoms with Gasteiger partial charge >= 0.3 is 0 Å². The predicted molar refractivity (Wildman–Crippen MR) is 77.5 cm³/mol. The molecule has 2 atom stereocenters. The molecule has 2 aliphatic rings. The summed E-state index contributed by atoms with van der Waals surface area (Å²) in [5, 5.41) is 0. The highest BCUT2D eigenvalue weighted by Gasteiger charge is 2.34. The van der Waals surface area contributed by atoms with Crippen LogP contribution in [0.2, 0.25) is 0 Å². The minimum absolute atomic E-state index is 0.308. The molecule has 0 bridgehead atoms. The van der Waals surface area contributed by atoms with Crippen LogP contribution < -0.4 is 15.2 Å². The fourth-order valence-electron chi connectivity index (χ4n) is 3.16. The van der Waals surface area contributed by atoms with Crippen LogP contribution in [0.25, 0.3) is 0 Å². The molecule has 2 heterocycles. The van der Waals surface area contributed by atoms with Crippen molar-refractivity contribution in [1.82, 2.24) is 4.90 Å². The summed E-state index contributed by atoms with van der Waals surface area (Å²) in [4.78, 5) is 2.38. The van der Waals surface area contributed by atoms with Gasteiger partial charge in [-0.2, -0.15) is 0 Å². The Morgan fingerprint density at radius 2 is 2.26 bits per heavy atom. The standard InChI is InChI=1S/C14H19BrN2O2/c1-8-3-11-14(19-7-18-11)13(15)12(8)10-4-9(5-16)6-17(10)2/h3,9-10H,4-7,16H2,1-2H3. The smallest absolute Gasteiger partial charge is 0.231 e. The summed E-state index contributed by atoms with van der Waals surface area (Å²) >= 11 is 3.70. The average molecular weight is 327 g/mol. The third kappa shape index (κ3) is 2.14. The topological polar surface area (TPSA) is 47.7 Å². The first-order valence-electron chi connectivity index (χ1n) is 6.60. The molecule has 4 nitrogen and oxygen atoms in total. The first kappa shape index (κ1) is 13.2. The number of hydrogen-bond acceptors (Lipinski definition) is 4. The van der Waals surface area contributed by atoms with Gasteiger partial charge < -0.3 is 15.2 Å². The second-order valence-electron chi connectivity index (χ2n) is 5.45. The largest absolute Gasteiger partial charge is 0.454 e. The van der Waals surface area contributed by atoms with Gasteiger partial charge in [0.15, 0.2) is 11.5 Å². The van der Waals surface area contributed by atoms with Gasteiger partial charge in [-0.15, -0.1) is 0 Å². The van der Waals surface area contributed by atoms with Crippen LogP contribution in [0.3, 0.4) is 0 Å². The minimum atomic E-state index is 0.308. The molecule has 0 amide bonds. The van der Waals surface area contributed by atoms with Crippen molar-refractivity contribution in [3.05, 3.63) is 21.7 Å². The number of ether oxygens (including phenoxy) is 2. The fraction of sp³-hybridized carbons (Fsp3) is 0.571. The van der Waals surface area contributed by atoms with Crippen LogP contribution in [0, 0.1) is 12.8 Å². The zero-order valence-corrected chi connectivity index (χ0v) is 12.9. The van der Waals surface area contributed by atoms with E-state index >= 15 is 0 Å². The van der Waals surface area contributed by atoms with Gasteiger partial charge in [-0.05, 0) is 66.0 Å². The molecule has 0 aliphatic carbocycles. The van der Waals surface area contributed by atoms with Crippen LogP contribution in [0.4, 0.5) is 0 Å². The lowest BCUT2D eigenvalue weighted by atomic mass is 9.96. The van der Waals surface area contributed by atoms with Gasteiger partial charge in [0.25, 0.3) is 0 Å². The summed E-state index contributed by atoms with van der Waals surface area (Å²) in [6, 6.07) is 2.48. The Labute approximate surface area is 122 Å². The molecule has 0 aromatic heterocycles. The van der Waals surface area contributed by atoms with E-state index in [1.54, 1.807) is 0 Å². The van der Waals surface area contributed by atoms with Crippen molar-refractivity contribution < 1.29 is 9.47 Å². The lowest BCUT2D eigenvalue weighted by Crippen LogP contribution is -2.21. The van der Waals surface area contributed by atoms with E-state index in [0.717, 1.165) is 35.5 Å². The summed E-state index contributed by atoms with van der Waals surface area (Å²) < 4.78 is 12.1. The van der Waals surface area contributed by atoms with Crippen molar-refractivity contribution in [3.63, 3.8) is 0 Å². The van der Waals surface area contributed by atoms with Crippen LogP contribution in [-0.2, 0) is 0 Å². The summed E-state index contributed by atoms with van der Waals surface area (Å²) in [5.74, 6) is 2.25. The number of fused-ring (bicyclic) bond motifs is 1. The van der Waals surface area contributed by atoms with E-state index in [0.29, 0.717) is 18.8 Å². The van der Waals surface area contributed by atoms with Crippen molar-refractivity contribution >= 4 is 15.9 Å². The van der Waals surface area contributed by atoms with Gasteiger partial charge in [-0.1, -0.05) is 0 Å². The molecule has 2 aliphatic heterocycles. The highest BCUT2D eigenvalue weighted by atomic mass is 79.9. The molecule has 3 rings (SSSR count). The summed E-state index contributed by atoms with van der Waals surface area (Å²) in [7, 11) is 2.16. The van der Waals surface area contributed by atoms with Crippen LogP contribution in [0.15, 0.2) is 10.5 Å². The van der Waals surface area contributed by atoms with E-state index in [9.17, 15) is 0 Å². The Bertz CT molecular complexity index is 507. The van der Waals surface area contributed by atoms with Gasteiger partial charge in [0, 0.05) is 12.6 Å². The van der Waals surface area contributed by atoms with Crippen LogP contribution in [0.1, 0.15) is 23.6 Å². The Balaban J connectivity index is 2.01. The Hall–Kier alpha value is -0.780. The van der Waals surface area contributed by atoms with E-state index in [1.165, 1.54) is 11.1 Å². The monoisotopic (exact) mass is 326 g/mol. The molecule has 2 unspecified atom stereocenters. The Kier molecular flexibility index (Phi) is 3.45. The van der Waals surface area contributed by atoms with Crippen molar-refractivity contribution in [2.75, 3.05) is 26.9 Å². The second kappa shape index (κ2) is 4.96. The maximum atomic E-state index is 5.82. The third-order valence-corrected chi connectivity index (χ3v) is 4.94. The number of hydrogen-bond donors (Lipinski definition) is 1. The number of nitrogens with zero attached hydrogens (tertiary/aromatic N) is 1. The molecule has 2 N–H and O–H groups in total. The first-order chi connectivity index (χ1) is 9.11. The first-order valence-corrected chi connectivity index (χ1v) is 7.40. The van der Waals surface area contributed by atoms with Crippen LogP contribution >= 0.6 is 15.9 Å². The average Bonchev–Trinajstić information content (AvgIpc) is 2.96. The van der Waals surface area contributed by atoms with Gasteiger partial charge in [-0.3, -0.25) is 4.90 Å². The maximum absolute atomic E-state index is 5.82. The molecule has 1 aromatic carbocycles. The molecule has 1 saturated heterocycles. The zero-order chi connectivity index (χ0) is 13.6. The molecular formula is C14H19BrN2O2. The summed E-state index contributed by atoms with van der Waals surface area (Å²) in [5.41, 5.74) is 8.37. The van der Waals surface area contributed by atoms with Crippen molar-refractivity contribution in [2.24, 2.45) is 11.7 Å².